The largest absolute Gasteiger partial charge is 0.508 e. The normalized spacial score (nSPS) is 15.1. The molecule has 0 spiro atoms. The second kappa shape index (κ2) is 14.2. The Morgan fingerprint density at radius 2 is 1.82 bits per heavy atom. The molecular weight excluding hydrogens is 472 g/mol. The molecule has 0 bridgehead atoms. The van der Waals surface area contributed by atoms with Crippen LogP contribution >= 0.6 is 0 Å². The maximum Gasteiger partial charge on any atom is 0.139 e. The SMILES string of the molecule is C=CNC(/C=C\C=C\C)=N/COCCc1ccc(N2CCN(Cc3c(O)ccc4ccccc34)CC2)cc1. The number of nitrogens with one attached hydrogen (secondary N) is 1. The van der Waals surface area contributed by atoms with Crippen molar-refractivity contribution in [3.05, 3.63) is 109 Å². The summed E-state index contributed by atoms with van der Waals surface area (Å²) in [6.07, 6.45) is 10.2. The molecule has 1 aliphatic heterocycles. The van der Waals surface area contributed by atoms with Gasteiger partial charge in [0, 0.05) is 44.0 Å². The van der Waals surface area contributed by atoms with E-state index in [1.165, 1.54) is 16.6 Å². The number of ether oxygens (including phenoxy) is 1. The van der Waals surface area contributed by atoms with Gasteiger partial charge < -0.3 is 20.1 Å². The molecule has 6 nitrogen and oxygen atoms in total. The quantitative estimate of drug-likeness (QED) is 0.151. The minimum absolute atomic E-state index is 0.301. The van der Waals surface area contributed by atoms with Crippen LogP contribution in [-0.2, 0) is 17.7 Å². The summed E-state index contributed by atoms with van der Waals surface area (Å²) in [5.74, 6) is 1.10. The van der Waals surface area contributed by atoms with Crippen molar-refractivity contribution in [2.75, 3.05) is 44.4 Å². The summed E-state index contributed by atoms with van der Waals surface area (Å²) in [7, 11) is 0. The third-order valence-corrected chi connectivity index (χ3v) is 6.74. The fourth-order valence-electron chi connectivity index (χ4n) is 4.63. The molecule has 0 aromatic heterocycles. The predicted octanol–water partition coefficient (Wildman–Crippen LogP) is 5.65. The second-order valence-corrected chi connectivity index (χ2v) is 9.28. The van der Waals surface area contributed by atoms with Crippen molar-refractivity contribution >= 4 is 22.3 Å². The van der Waals surface area contributed by atoms with Gasteiger partial charge in [-0.25, -0.2) is 4.99 Å². The van der Waals surface area contributed by atoms with Crippen molar-refractivity contribution < 1.29 is 9.84 Å². The van der Waals surface area contributed by atoms with E-state index in [2.05, 4.69) is 63.1 Å². The zero-order valence-corrected chi connectivity index (χ0v) is 22.2. The van der Waals surface area contributed by atoms with E-state index < -0.39 is 0 Å². The standard InChI is InChI=1S/C32H38N4O2/c1-3-5-6-11-32(33-4-2)34-25-38-23-18-26-12-15-28(16-13-26)36-21-19-35(20-22-36)24-30-29-10-8-7-9-27(29)14-17-31(30)37/h3-17,37H,2,18-25H2,1H3,(H,33,34)/b5-3+,11-6-. The fourth-order valence-corrected chi connectivity index (χ4v) is 4.63. The summed E-state index contributed by atoms with van der Waals surface area (Å²) >= 11 is 0. The van der Waals surface area contributed by atoms with E-state index in [1.54, 1.807) is 6.20 Å². The Morgan fingerprint density at radius 1 is 1.03 bits per heavy atom. The first kappa shape index (κ1) is 27.2. The Kier molecular flexibility index (Phi) is 10.1. The Bertz CT molecular complexity index is 1270. The van der Waals surface area contributed by atoms with Gasteiger partial charge in [-0.3, -0.25) is 4.90 Å². The van der Waals surface area contributed by atoms with Crippen LogP contribution in [0.4, 0.5) is 5.69 Å². The molecule has 0 aliphatic carbocycles. The predicted molar refractivity (Wildman–Crippen MR) is 159 cm³/mol. The molecule has 0 atom stereocenters. The third-order valence-electron chi connectivity index (χ3n) is 6.74. The van der Waals surface area contributed by atoms with Gasteiger partial charge in [-0.05, 0) is 60.2 Å². The monoisotopic (exact) mass is 510 g/mol. The summed E-state index contributed by atoms with van der Waals surface area (Å²) in [6.45, 7) is 11.2. The highest BCUT2D eigenvalue weighted by Gasteiger charge is 2.19. The van der Waals surface area contributed by atoms with Crippen molar-refractivity contribution in [3.8, 4) is 5.75 Å². The summed E-state index contributed by atoms with van der Waals surface area (Å²) in [5, 5.41) is 15.8. The molecule has 1 aliphatic rings. The first-order valence-corrected chi connectivity index (χ1v) is 13.2. The molecule has 1 saturated heterocycles. The number of hydrogen-bond donors (Lipinski definition) is 2. The van der Waals surface area contributed by atoms with Crippen LogP contribution in [0.2, 0.25) is 0 Å². The van der Waals surface area contributed by atoms with Gasteiger partial charge in [-0.1, -0.05) is 67.3 Å². The summed E-state index contributed by atoms with van der Waals surface area (Å²) in [6, 6.07) is 20.9. The van der Waals surface area contributed by atoms with Gasteiger partial charge in [0.25, 0.3) is 0 Å². The number of aliphatic imine (C=N–C) groups is 1. The van der Waals surface area contributed by atoms with Crippen molar-refractivity contribution in [1.29, 1.82) is 0 Å². The molecular formula is C32H38N4O2. The number of piperazine rings is 1. The molecule has 38 heavy (non-hydrogen) atoms. The number of hydrogen-bond acceptors (Lipinski definition) is 5. The Balaban J connectivity index is 1.22. The Labute approximate surface area is 226 Å². The van der Waals surface area contributed by atoms with Crippen LogP contribution in [0, 0.1) is 0 Å². The van der Waals surface area contributed by atoms with E-state index in [-0.39, 0.29) is 0 Å². The van der Waals surface area contributed by atoms with Crippen molar-refractivity contribution in [3.63, 3.8) is 0 Å². The number of benzene rings is 3. The number of amidine groups is 1. The van der Waals surface area contributed by atoms with E-state index in [4.69, 9.17) is 4.74 Å². The van der Waals surface area contributed by atoms with Crippen LogP contribution in [-0.4, -0.2) is 55.4 Å². The molecule has 6 heteroatoms. The van der Waals surface area contributed by atoms with E-state index in [0.717, 1.165) is 55.9 Å². The second-order valence-electron chi connectivity index (χ2n) is 9.28. The number of nitrogens with zero attached hydrogens (tertiary/aromatic N) is 3. The molecule has 3 aromatic rings. The average Bonchev–Trinajstić information content (AvgIpc) is 2.95. The lowest BCUT2D eigenvalue weighted by atomic mass is 10.0. The lowest BCUT2D eigenvalue weighted by Gasteiger charge is -2.36. The lowest BCUT2D eigenvalue weighted by molar-refractivity contribution is 0.145. The summed E-state index contributed by atoms with van der Waals surface area (Å²) in [5.41, 5.74) is 3.52. The van der Waals surface area contributed by atoms with Gasteiger partial charge in [0.15, 0.2) is 0 Å². The van der Waals surface area contributed by atoms with Gasteiger partial charge in [0.1, 0.15) is 18.3 Å². The molecule has 0 amide bonds. The number of rotatable bonds is 11. The van der Waals surface area contributed by atoms with Crippen LogP contribution in [0.3, 0.4) is 0 Å². The van der Waals surface area contributed by atoms with E-state index in [1.807, 2.05) is 55.5 Å². The number of anilines is 1. The molecule has 0 saturated carbocycles. The fraction of sp³-hybridized carbons (Fsp3) is 0.281. The topological polar surface area (TPSA) is 60.3 Å². The van der Waals surface area contributed by atoms with Gasteiger partial charge in [-0.15, -0.1) is 0 Å². The first-order valence-electron chi connectivity index (χ1n) is 13.2. The smallest absolute Gasteiger partial charge is 0.139 e. The van der Waals surface area contributed by atoms with Crippen molar-refractivity contribution in [1.82, 2.24) is 10.2 Å². The Hall–Kier alpha value is -3.87. The van der Waals surface area contributed by atoms with Crippen molar-refractivity contribution in [2.24, 2.45) is 4.99 Å². The average molecular weight is 511 g/mol. The molecule has 0 radical (unpaired) electrons. The van der Waals surface area contributed by atoms with Crippen LogP contribution in [0.15, 0.2) is 103 Å². The highest BCUT2D eigenvalue weighted by molar-refractivity contribution is 5.93. The lowest BCUT2D eigenvalue weighted by Crippen LogP contribution is -2.46. The van der Waals surface area contributed by atoms with Crippen LogP contribution < -0.4 is 10.2 Å². The number of allylic oxidation sites excluding steroid dienone is 3. The first-order chi connectivity index (χ1) is 18.7. The molecule has 1 heterocycles. The van der Waals surface area contributed by atoms with Crippen LogP contribution in [0.25, 0.3) is 10.8 Å². The zero-order chi connectivity index (χ0) is 26.6. The number of fused-ring (bicyclic) bond motifs is 1. The van der Waals surface area contributed by atoms with Gasteiger partial charge >= 0.3 is 0 Å². The number of phenols is 1. The molecule has 3 aromatic carbocycles. The minimum Gasteiger partial charge on any atom is -0.508 e. The molecule has 2 N–H and O–H groups in total. The van der Waals surface area contributed by atoms with E-state index >= 15 is 0 Å². The highest BCUT2D eigenvalue weighted by Crippen LogP contribution is 2.29. The molecule has 198 valence electrons. The molecule has 0 unspecified atom stereocenters. The maximum absolute atomic E-state index is 10.5. The van der Waals surface area contributed by atoms with Crippen molar-refractivity contribution in [2.45, 2.75) is 19.9 Å². The summed E-state index contributed by atoms with van der Waals surface area (Å²) < 4.78 is 5.72. The van der Waals surface area contributed by atoms with Gasteiger partial charge in [0.2, 0.25) is 0 Å². The maximum atomic E-state index is 10.5. The number of phenolic OH excluding ortho intramolecular Hbond substituents is 1. The van der Waals surface area contributed by atoms with Crippen LogP contribution in [0.1, 0.15) is 18.1 Å². The number of aromatic hydroxyl groups is 1. The van der Waals surface area contributed by atoms with E-state index in [0.29, 0.717) is 19.1 Å². The Morgan fingerprint density at radius 3 is 2.58 bits per heavy atom. The van der Waals surface area contributed by atoms with Crippen LogP contribution in [0.5, 0.6) is 5.75 Å². The third kappa shape index (κ3) is 7.57. The van der Waals surface area contributed by atoms with Gasteiger partial charge in [0.05, 0.1) is 6.61 Å². The minimum atomic E-state index is 0.301. The highest BCUT2D eigenvalue weighted by atomic mass is 16.5. The van der Waals surface area contributed by atoms with Gasteiger partial charge in [-0.2, -0.15) is 0 Å². The molecule has 4 rings (SSSR count). The molecule has 1 fully saturated rings. The zero-order valence-electron chi connectivity index (χ0n) is 22.2. The van der Waals surface area contributed by atoms with E-state index in [9.17, 15) is 5.11 Å². The summed E-state index contributed by atoms with van der Waals surface area (Å²) in [4.78, 5) is 9.27.